The summed E-state index contributed by atoms with van der Waals surface area (Å²) in [5.74, 6) is -0.722. The molecule has 0 bridgehead atoms. The Bertz CT molecular complexity index is 908. The van der Waals surface area contributed by atoms with E-state index in [1.165, 1.54) is 29.9 Å². The van der Waals surface area contributed by atoms with Crippen molar-refractivity contribution >= 4 is 39.9 Å². The third kappa shape index (κ3) is 4.50. The van der Waals surface area contributed by atoms with Crippen LogP contribution in [0.4, 0.5) is 5.13 Å². The van der Waals surface area contributed by atoms with E-state index in [-0.39, 0.29) is 11.8 Å². The number of nitrogens with zero attached hydrogens (tertiary/aromatic N) is 1. The third-order valence-corrected chi connectivity index (χ3v) is 4.91. The van der Waals surface area contributed by atoms with Crippen molar-refractivity contribution in [1.82, 2.24) is 10.3 Å². The normalized spacial score (nSPS) is 11.8. The molecule has 134 valence electrons. The highest BCUT2D eigenvalue weighted by atomic mass is 35.5. The minimum absolute atomic E-state index is 0.347. The minimum atomic E-state index is -0.715. The molecule has 1 unspecified atom stereocenters. The molecule has 0 fully saturated rings. The zero-order chi connectivity index (χ0) is 18.5. The molecule has 3 rings (SSSR count). The number of thiazole rings is 1. The Balaban J connectivity index is 1.57. The maximum Gasteiger partial charge on any atom is 0.255 e. The second kappa shape index (κ2) is 8.16. The lowest BCUT2D eigenvalue weighted by Crippen LogP contribution is -2.41. The molecule has 1 atom stereocenters. The van der Waals surface area contributed by atoms with E-state index in [9.17, 15) is 9.59 Å². The van der Waals surface area contributed by atoms with Gasteiger partial charge in [0, 0.05) is 22.5 Å². The van der Waals surface area contributed by atoms with E-state index in [0.29, 0.717) is 22.1 Å². The van der Waals surface area contributed by atoms with E-state index < -0.39 is 6.04 Å². The van der Waals surface area contributed by atoms with Gasteiger partial charge in [-0.1, -0.05) is 29.8 Å². The molecular formula is C18H16ClN3O3S. The van der Waals surface area contributed by atoms with Gasteiger partial charge in [0.2, 0.25) is 5.91 Å². The molecule has 6 nitrogen and oxygen atoms in total. The fourth-order valence-corrected chi connectivity index (χ4v) is 3.27. The lowest BCUT2D eigenvalue weighted by Gasteiger charge is -2.12. The Kier molecular flexibility index (Phi) is 5.70. The monoisotopic (exact) mass is 389 g/mol. The molecule has 0 saturated heterocycles. The molecule has 0 aliphatic rings. The van der Waals surface area contributed by atoms with Crippen LogP contribution in [0.3, 0.4) is 0 Å². The summed E-state index contributed by atoms with van der Waals surface area (Å²) in [6.45, 7) is 1.60. The van der Waals surface area contributed by atoms with Crippen molar-refractivity contribution in [2.75, 3.05) is 5.32 Å². The van der Waals surface area contributed by atoms with Gasteiger partial charge in [-0.05, 0) is 24.6 Å². The highest BCUT2D eigenvalue weighted by molar-refractivity contribution is 7.15. The molecule has 26 heavy (non-hydrogen) atoms. The fraction of sp³-hybridized carbons (Fsp3) is 0.167. The smallest absolute Gasteiger partial charge is 0.255 e. The van der Waals surface area contributed by atoms with Crippen LogP contribution in [-0.4, -0.2) is 22.8 Å². The van der Waals surface area contributed by atoms with Crippen molar-refractivity contribution in [3.8, 4) is 0 Å². The molecule has 0 aliphatic heterocycles. The predicted octanol–water partition coefficient (Wildman–Crippen LogP) is 3.74. The molecule has 0 aliphatic carbocycles. The van der Waals surface area contributed by atoms with E-state index in [1.807, 2.05) is 24.3 Å². The third-order valence-electron chi connectivity index (χ3n) is 3.63. The number of furan rings is 1. The van der Waals surface area contributed by atoms with Gasteiger partial charge in [-0.2, -0.15) is 0 Å². The SMILES string of the molecule is CC(NC(=O)c1ccoc1)C(=O)Nc1ncc(Cc2ccccc2Cl)s1. The number of carbonyl (C=O) groups excluding carboxylic acids is 2. The van der Waals surface area contributed by atoms with Crippen LogP contribution < -0.4 is 10.6 Å². The highest BCUT2D eigenvalue weighted by Crippen LogP contribution is 2.24. The van der Waals surface area contributed by atoms with Crippen molar-refractivity contribution in [2.24, 2.45) is 0 Å². The van der Waals surface area contributed by atoms with Crippen molar-refractivity contribution in [3.63, 3.8) is 0 Å². The molecule has 0 saturated carbocycles. The maximum atomic E-state index is 12.2. The Labute approximate surface area is 159 Å². The van der Waals surface area contributed by atoms with Crippen molar-refractivity contribution in [2.45, 2.75) is 19.4 Å². The first-order chi connectivity index (χ1) is 12.5. The molecule has 2 aromatic heterocycles. The molecular weight excluding hydrogens is 374 g/mol. The average molecular weight is 390 g/mol. The minimum Gasteiger partial charge on any atom is -0.472 e. The predicted molar refractivity (Wildman–Crippen MR) is 101 cm³/mol. The first-order valence-electron chi connectivity index (χ1n) is 7.85. The Morgan fingerprint density at radius 2 is 2.12 bits per heavy atom. The van der Waals surface area contributed by atoms with Crippen molar-refractivity contribution in [3.05, 3.63) is 70.1 Å². The highest BCUT2D eigenvalue weighted by Gasteiger charge is 2.18. The summed E-state index contributed by atoms with van der Waals surface area (Å²) < 4.78 is 4.85. The summed E-state index contributed by atoms with van der Waals surface area (Å²) in [5, 5.41) is 6.49. The van der Waals surface area contributed by atoms with Crippen LogP contribution in [0.2, 0.25) is 5.02 Å². The molecule has 2 N–H and O–H groups in total. The van der Waals surface area contributed by atoms with Gasteiger partial charge in [-0.3, -0.25) is 9.59 Å². The molecule has 3 aromatic rings. The average Bonchev–Trinajstić information content (AvgIpc) is 3.29. The summed E-state index contributed by atoms with van der Waals surface area (Å²) in [5.41, 5.74) is 1.36. The lowest BCUT2D eigenvalue weighted by atomic mass is 10.1. The number of nitrogens with one attached hydrogen (secondary N) is 2. The van der Waals surface area contributed by atoms with E-state index in [1.54, 1.807) is 13.1 Å². The standard InChI is InChI=1S/C18H16ClN3O3S/c1-11(21-17(24)13-6-7-25-10-13)16(23)22-18-20-9-14(26-18)8-12-4-2-3-5-15(12)19/h2-7,9-11H,8H2,1H3,(H,21,24)(H,20,22,23). The summed E-state index contributed by atoms with van der Waals surface area (Å²) in [4.78, 5) is 29.4. The zero-order valence-electron chi connectivity index (χ0n) is 13.9. The second-order valence-corrected chi connectivity index (χ2v) is 7.12. The van der Waals surface area contributed by atoms with Gasteiger partial charge in [-0.25, -0.2) is 4.98 Å². The second-order valence-electron chi connectivity index (χ2n) is 5.60. The van der Waals surface area contributed by atoms with Gasteiger partial charge in [0.05, 0.1) is 11.8 Å². The van der Waals surface area contributed by atoms with Crippen LogP contribution in [0, 0.1) is 0 Å². The summed E-state index contributed by atoms with van der Waals surface area (Å²) in [6.07, 6.45) is 5.07. The number of rotatable bonds is 6. The molecule has 2 amide bonds. The Morgan fingerprint density at radius 3 is 2.85 bits per heavy atom. The Hall–Kier alpha value is -2.64. The van der Waals surface area contributed by atoms with Crippen LogP contribution in [0.1, 0.15) is 27.7 Å². The lowest BCUT2D eigenvalue weighted by molar-refractivity contribution is -0.117. The molecule has 8 heteroatoms. The van der Waals surface area contributed by atoms with Gasteiger partial charge < -0.3 is 15.1 Å². The number of amides is 2. The first-order valence-corrected chi connectivity index (χ1v) is 9.04. The summed E-state index contributed by atoms with van der Waals surface area (Å²) in [6, 6.07) is 8.41. The first kappa shape index (κ1) is 18.2. The molecule has 1 aromatic carbocycles. The number of benzene rings is 1. The van der Waals surface area contributed by atoms with Crippen LogP contribution >= 0.6 is 22.9 Å². The van der Waals surface area contributed by atoms with E-state index >= 15 is 0 Å². The largest absolute Gasteiger partial charge is 0.472 e. The number of halogens is 1. The number of hydrogen-bond donors (Lipinski definition) is 2. The maximum absolute atomic E-state index is 12.2. The number of aromatic nitrogens is 1. The topological polar surface area (TPSA) is 84.2 Å². The van der Waals surface area contributed by atoms with Crippen molar-refractivity contribution < 1.29 is 14.0 Å². The summed E-state index contributed by atoms with van der Waals surface area (Å²) in [7, 11) is 0. The van der Waals surface area contributed by atoms with Crippen LogP contribution in [-0.2, 0) is 11.2 Å². The van der Waals surface area contributed by atoms with Crippen LogP contribution in [0.5, 0.6) is 0 Å². The molecule has 0 radical (unpaired) electrons. The molecule has 0 spiro atoms. The fourth-order valence-electron chi connectivity index (χ4n) is 2.23. The quantitative estimate of drug-likeness (QED) is 0.672. The van der Waals surface area contributed by atoms with Gasteiger partial charge in [0.15, 0.2) is 5.13 Å². The van der Waals surface area contributed by atoms with E-state index in [2.05, 4.69) is 15.6 Å². The van der Waals surface area contributed by atoms with Gasteiger partial charge in [0.1, 0.15) is 12.3 Å². The zero-order valence-corrected chi connectivity index (χ0v) is 15.4. The Morgan fingerprint density at radius 1 is 1.31 bits per heavy atom. The van der Waals surface area contributed by atoms with E-state index in [4.69, 9.17) is 16.0 Å². The van der Waals surface area contributed by atoms with Gasteiger partial charge >= 0.3 is 0 Å². The van der Waals surface area contributed by atoms with Crippen LogP contribution in [0.25, 0.3) is 0 Å². The van der Waals surface area contributed by atoms with Gasteiger partial charge in [-0.15, -0.1) is 11.3 Å². The number of anilines is 1. The number of carbonyl (C=O) groups is 2. The summed E-state index contributed by atoms with van der Waals surface area (Å²) >= 11 is 7.53. The van der Waals surface area contributed by atoms with Crippen molar-refractivity contribution in [1.29, 1.82) is 0 Å². The van der Waals surface area contributed by atoms with Gasteiger partial charge in [0.25, 0.3) is 5.91 Å². The van der Waals surface area contributed by atoms with E-state index in [0.717, 1.165) is 10.4 Å². The van der Waals surface area contributed by atoms with Crippen LogP contribution in [0.15, 0.2) is 53.5 Å². The number of hydrogen-bond acceptors (Lipinski definition) is 5. The molecule has 2 heterocycles.